The second kappa shape index (κ2) is 10.7. The summed E-state index contributed by atoms with van der Waals surface area (Å²) in [5.41, 5.74) is 3.94. The highest BCUT2D eigenvalue weighted by molar-refractivity contribution is 6.31. The summed E-state index contributed by atoms with van der Waals surface area (Å²) in [6.07, 6.45) is 1.85. The van der Waals surface area contributed by atoms with Gasteiger partial charge in [0, 0.05) is 34.6 Å². The zero-order chi connectivity index (χ0) is 22.3. The number of benzene rings is 3. The fourth-order valence-electron chi connectivity index (χ4n) is 3.48. The summed E-state index contributed by atoms with van der Waals surface area (Å²) in [4.78, 5) is 7.98. The SMILES string of the molecule is COc1cc(CNCCCc2nc3ccccc3[nH]2)c(Cl)cc1OCc1ccccc1Cl. The summed E-state index contributed by atoms with van der Waals surface area (Å²) >= 11 is 12.7. The van der Waals surface area contributed by atoms with Gasteiger partial charge < -0.3 is 19.8 Å². The average molecular weight is 470 g/mol. The van der Waals surface area contributed by atoms with Gasteiger partial charge in [0.2, 0.25) is 0 Å². The molecule has 4 rings (SSSR count). The maximum absolute atomic E-state index is 6.51. The van der Waals surface area contributed by atoms with Crippen LogP contribution in [-0.2, 0) is 19.6 Å². The first kappa shape index (κ1) is 22.5. The van der Waals surface area contributed by atoms with Gasteiger partial charge in [-0.15, -0.1) is 0 Å². The lowest BCUT2D eigenvalue weighted by Crippen LogP contribution is -2.16. The summed E-state index contributed by atoms with van der Waals surface area (Å²) in [6.45, 7) is 1.83. The van der Waals surface area contributed by atoms with Crippen LogP contribution in [0.3, 0.4) is 0 Å². The smallest absolute Gasteiger partial charge is 0.163 e. The van der Waals surface area contributed by atoms with Crippen molar-refractivity contribution in [3.05, 3.63) is 87.7 Å². The van der Waals surface area contributed by atoms with E-state index in [4.69, 9.17) is 32.7 Å². The second-order valence-electron chi connectivity index (χ2n) is 7.46. The van der Waals surface area contributed by atoms with E-state index in [0.717, 1.165) is 47.4 Å². The summed E-state index contributed by atoms with van der Waals surface area (Å²) in [6, 6.07) is 19.4. The molecule has 0 fully saturated rings. The standard InChI is InChI=1S/C25H25Cl2N3O2/c1-31-23-13-18(20(27)14-24(23)32-16-17-7-2-3-8-19(17)26)15-28-12-6-11-25-29-21-9-4-5-10-22(21)30-25/h2-5,7-10,13-14,28H,6,11-12,15-16H2,1H3,(H,29,30). The molecule has 166 valence electrons. The van der Waals surface area contributed by atoms with Crippen molar-refractivity contribution in [1.82, 2.24) is 15.3 Å². The van der Waals surface area contributed by atoms with Gasteiger partial charge >= 0.3 is 0 Å². The number of halogens is 2. The van der Waals surface area contributed by atoms with Crippen LogP contribution in [0.1, 0.15) is 23.4 Å². The molecule has 0 bridgehead atoms. The Morgan fingerprint density at radius 2 is 1.75 bits per heavy atom. The number of rotatable bonds is 10. The third-order valence-electron chi connectivity index (χ3n) is 5.19. The Hall–Kier alpha value is -2.73. The van der Waals surface area contributed by atoms with E-state index in [-0.39, 0.29) is 0 Å². The number of aromatic nitrogens is 2. The fraction of sp³-hybridized carbons (Fsp3) is 0.240. The summed E-state index contributed by atoms with van der Waals surface area (Å²) in [5.74, 6) is 2.24. The average Bonchev–Trinajstić information content (AvgIpc) is 3.22. The van der Waals surface area contributed by atoms with Crippen molar-refractivity contribution in [3.8, 4) is 11.5 Å². The zero-order valence-corrected chi connectivity index (χ0v) is 19.3. The molecule has 0 radical (unpaired) electrons. The molecule has 0 aliphatic carbocycles. The third kappa shape index (κ3) is 5.54. The van der Waals surface area contributed by atoms with Crippen LogP contribution < -0.4 is 14.8 Å². The number of H-pyrrole nitrogens is 1. The number of aromatic amines is 1. The van der Waals surface area contributed by atoms with Crippen LogP contribution in [0, 0.1) is 0 Å². The molecule has 1 aromatic heterocycles. The Morgan fingerprint density at radius 1 is 0.938 bits per heavy atom. The van der Waals surface area contributed by atoms with Crippen LogP contribution in [0.2, 0.25) is 10.0 Å². The maximum Gasteiger partial charge on any atom is 0.163 e. The monoisotopic (exact) mass is 469 g/mol. The molecule has 0 unspecified atom stereocenters. The van der Waals surface area contributed by atoms with E-state index in [2.05, 4.69) is 15.3 Å². The van der Waals surface area contributed by atoms with E-state index < -0.39 is 0 Å². The van der Waals surface area contributed by atoms with E-state index in [1.807, 2.05) is 54.6 Å². The lowest BCUT2D eigenvalue weighted by molar-refractivity contribution is 0.284. The molecule has 0 aliphatic rings. The lowest BCUT2D eigenvalue weighted by atomic mass is 10.2. The highest BCUT2D eigenvalue weighted by Crippen LogP contribution is 2.34. The van der Waals surface area contributed by atoms with Crippen LogP contribution in [0.25, 0.3) is 11.0 Å². The number of hydrogen-bond acceptors (Lipinski definition) is 4. The van der Waals surface area contributed by atoms with Gasteiger partial charge in [-0.05, 0) is 42.8 Å². The topological polar surface area (TPSA) is 59.2 Å². The van der Waals surface area contributed by atoms with Gasteiger partial charge in [-0.25, -0.2) is 4.98 Å². The van der Waals surface area contributed by atoms with Crippen LogP contribution in [0.15, 0.2) is 60.7 Å². The number of para-hydroxylation sites is 2. The summed E-state index contributed by atoms with van der Waals surface area (Å²) in [5, 5.41) is 4.74. The number of aryl methyl sites for hydroxylation is 1. The number of hydrogen-bond donors (Lipinski definition) is 2. The van der Waals surface area contributed by atoms with Crippen molar-refractivity contribution in [1.29, 1.82) is 0 Å². The maximum atomic E-state index is 6.51. The molecule has 0 saturated carbocycles. The molecule has 32 heavy (non-hydrogen) atoms. The fourth-order valence-corrected chi connectivity index (χ4v) is 3.89. The van der Waals surface area contributed by atoms with E-state index in [0.29, 0.717) is 34.7 Å². The van der Waals surface area contributed by atoms with Crippen molar-refractivity contribution in [2.75, 3.05) is 13.7 Å². The Balaban J connectivity index is 1.30. The van der Waals surface area contributed by atoms with Crippen molar-refractivity contribution >= 4 is 34.2 Å². The Kier molecular flexibility index (Phi) is 7.53. The van der Waals surface area contributed by atoms with Crippen molar-refractivity contribution in [2.45, 2.75) is 26.0 Å². The van der Waals surface area contributed by atoms with Crippen LogP contribution in [0.4, 0.5) is 0 Å². The minimum absolute atomic E-state index is 0.339. The molecule has 4 aromatic rings. The first-order valence-corrected chi connectivity index (χ1v) is 11.3. The van der Waals surface area contributed by atoms with Crippen LogP contribution >= 0.6 is 23.2 Å². The molecule has 0 saturated heterocycles. The third-order valence-corrected chi connectivity index (χ3v) is 5.92. The van der Waals surface area contributed by atoms with Gasteiger partial charge in [0.1, 0.15) is 12.4 Å². The minimum atomic E-state index is 0.339. The Morgan fingerprint density at radius 3 is 2.56 bits per heavy atom. The van der Waals surface area contributed by atoms with E-state index in [9.17, 15) is 0 Å². The Bertz CT molecular complexity index is 1160. The molecule has 2 N–H and O–H groups in total. The van der Waals surface area contributed by atoms with Gasteiger partial charge in [-0.2, -0.15) is 0 Å². The Labute approximate surface area is 197 Å². The second-order valence-corrected chi connectivity index (χ2v) is 8.27. The number of fused-ring (bicyclic) bond motifs is 1. The van der Waals surface area contributed by atoms with E-state index in [1.54, 1.807) is 13.2 Å². The highest BCUT2D eigenvalue weighted by Gasteiger charge is 2.12. The first-order chi connectivity index (χ1) is 15.6. The largest absolute Gasteiger partial charge is 0.493 e. The molecular formula is C25H25Cl2N3O2. The van der Waals surface area contributed by atoms with Crippen molar-refractivity contribution < 1.29 is 9.47 Å². The lowest BCUT2D eigenvalue weighted by Gasteiger charge is -2.15. The normalized spacial score (nSPS) is 11.1. The predicted octanol–water partition coefficient (Wildman–Crippen LogP) is 6.18. The van der Waals surface area contributed by atoms with E-state index >= 15 is 0 Å². The predicted molar refractivity (Wildman–Crippen MR) is 130 cm³/mol. The quantitative estimate of drug-likeness (QED) is 0.272. The molecule has 0 aliphatic heterocycles. The number of ether oxygens (including phenoxy) is 2. The first-order valence-electron chi connectivity index (χ1n) is 10.5. The van der Waals surface area contributed by atoms with Gasteiger partial charge in [0.25, 0.3) is 0 Å². The molecule has 5 nitrogen and oxygen atoms in total. The molecule has 1 heterocycles. The molecule has 3 aromatic carbocycles. The van der Waals surface area contributed by atoms with Gasteiger partial charge in [0.15, 0.2) is 11.5 Å². The van der Waals surface area contributed by atoms with Gasteiger partial charge in [-0.1, -0.05) is 53.5 Å². The van der Waals surface area contributed by atoms with Gasteiger partial charge in [0.05, 0.1) is 18.1 Å². The number of imidazole rings is 1. The zero-order valence-electron chi connectivity index (χ0n) is 17.8. The van der Waals surface area contributed by atoms with Crippen molar-refractivity contribution in [2.24, 2.45) is 0 Å². The molecule has 0 amide bonds. The molecular weight excluding hydrogens is 445 g/mol. The highest BCUT2D eigenvalue weighted by atomic mass is 35.5. The van der Waals surface area contributed by atoms with Crippen LogP contribution in [0.5, 0.6) is 11.5 Å². The van der Waals surface area contributed by atoms with Crippen LogP contribution in [-0.4, -0.2) is 23.6 Å². The number of nitrogens with zero attached hydrogens (tertiary/aromatic N) is 1. The minimum Gasteiger partial charge on any atom is -0.493 e. The van der Waals surface area contributed by atoms with Gasteiger partial charge in [-0.3, -0.25) is 0 Å². The molecule has 0 atom stereocenters. The summed E-state index contributed by atoms with van der Waals surface area (Å²) < 4.78 is 11.4. The van der Waals surface area contributed by atoms with Crippen molar-refractivity contribution in [3.63, 3.8) is 0 Å². The number of methoxy groups -OCH3 is 1. The number of nitrogens with one attached hydrogen (secondary N) is 2. The molecule has 7 heteroatoms. The summed E-state index contributed by atoms with van der Waals surface area (Å²) in [7, 11) is 1.62. The van der Waals surface area contributed by atoms with E-state index in [1.165, 1.54) is 0 Å². The molecule has 0 spiro atoms.